The second-order valence-electron chi connectivity index (χ2n) is 6.61. The molecule has 6 heteroatoms. The van der Waals surface area contributed by atoms with E-state index in [2.05, 4.69) is 15.9 Å². The van der Waals surface area contributed by atoms with Crippen molar-refractivity contribution in [1.82, 2.24) is 4.90 Å². The Kier molecular flexibility index (Phi) is 5.12. The number of hydrogen-bond donors (Lipinski definition) is 1. The first-order valence-corrected chi connectivity index (χ1v) is 8.16. The molecule has 4 nitrogen and oxygen atoms in total. The molecule has 1 heterocycles. The van der Waals surface area contributed by atoms with Crippen LogP contribution in [-0.2, 0) is 11.2 Å². The van der Waals surface area contributed by atoms with Gasteiger partial charge < -0.3 is 15.4 Å². The Hall–Kier alpha value is -1.14. The molecule has 0 radical (unpaired) electrons. The van der Waals surface area contributed by atoms with Gasteiger partial charge in [0.2, 0.25) is 0 Å². The van der Waals surface area contributed by atoms with E-state index in [1.807, 2.05) is 20.8 Å². The Balaban J connectivity index is 2.16. The highest BCUT2D eigenvalue weighted by atomic mass is 79.9. The van der Waals surface area contributed by atoms with Crippen molar-refractivity contribution >= 4 is 22.0 Å². The lowest BCUT2D eigenvalue weighted by Gasteiger charge is -2.30. The highest BCUT2D eigenvalue weighted by Gasteiger charge is 2.37. The van der Waals surface area contributed by atoms with Gasteiger partial charge in [-0.3, -0.25) is 0 Å². The number of nitrogens with two attached hydrogens (primary N) is 1. The molecule has 0 aliphatic carbocycles. The first-order valence-electron chi connectivity index (χ1n) is 7.37. The van der Waals surface area contributed by atoms with Gasteiger partial charge in [-0.15, -0.1) is 0 Å². The largest absolute Gasteiger partial charge is 0.444 e. The zero-order valence-electron chi connectivity index (χ0n) is 13.1. The average Bonchev–Trinajstić information content (AvgIpc) is 2.75. The second kappa shape index (κ2) is 6.54. The van der Waals surface area contributed by atoms with Crippen molar-refractivity contribution in [2.45, 2.75) is 51.3 Å². The quantitative estimate of drug-likeness (QED) is 0.864. The first-order chi connectivity index (χ1) is 10.2. The van der Waals surface area contributed by atoms with Gasteiger partial charge >= 0.3 is 6.09 Å². The van der Waals surface area contributed by atoms with Crippen molar-refractivity contribution in [2.24, 2.45) is 5.73 Å². The molecule has 1 fully saturated rings. The summed E-state index contributed by atoms with van der Waals surface area (Å²) in [6, 6.07) is 4.72. The summed E-state index contributed by atoms with van der Waals surface area (Å²) in [7, 11) is 0. The minimum absolute atomic E-state index is 0.175. The Morgan fingerprint density at radius 1 is 1.50 bits per heavy atom. The third kappa shape index (κ3) is 3.98. The molecule has 1 aliphatic rings. The number of benzene rings is 1. The van der Waals surface area contributed by atoms with E-state index in [1.54, 1.807) is 23.1 Å². The number of carbonyl (C=O) groups is 1. The van der Waals surface area contributed by atoms with E-state index in [-0.39, 0.29) is 24.0 Å². The monoisotopic (exact) mass is 372 g/mol. The SMILES string of the molecule is CC(C)(C)OC(=O)N1CCC(N)C1Cc1cccc(Br)c1F. The van der Waals surface area contributed by atoms with E-state index < -0.39 is 5.60 Å². The normalized spacial score (nSPS) is 22.0. The summed E-state index contributed by atoms with van der Waals surface area (Å²) >= 11 is 3.18. The number of likely N-dealkylation sites (tertiary alicyclic amines) is 1. The van der Waals surface area contributed by atoms with Crippen LogP contribution >= 0.6 is 15.9 Å². The third-order valence-corrected chi connectivity index (χ3v) is 4.30. The van der Waals surface area contributed by atoms with Crippen molar-refractivity contribution in [3.63, 3.8) is 0 Å². The molecule has 1 aromatic rings. The van der Waals surface area contributed by atoms with Gasteiger partial charge in [0.05, 0.1) is 10.5 Å². The molecule has 0 spiro atoms. The summed E-state index contributed by atoms with van der Waals surface area (Å²) in [5, 5.41) is 0. The standard InChI is InChI=1S/C16H22BrFN2O2/c1-16(2,3)22-15(21)20-8-7-12(19)13(20)9-10-5-4-6-11(17)14(10)18/h4-6,12-13H,7-9,19H2,1-3H3. The number of carbonyl (C=O) groups excluding carboxylic acids is 1. The lowest BCUT2D eigenvalue weighted by Crippen LogP contribution is -2.46. The van der Waals surface area contributed by atoms with Gasteiger partial charge in [0.1, 0.15) is 11.4 Å². The summed E-state index contributed by atoms with van der Waals surface area (Å²) < 4.78 is 20.0. The lowest BCUT2D eigenvalue weighted by atomic mass is 10.0. The minimum Gasteiger partial charge on any atom is -0.444 e. The molecule has 22 heavy (non-hydrogen) atoms. The van der Waals surface area contributed by atoms with Crippen molar-refractivity contribution in [3.8, 4) is 0 Å². The zero-order valence-corrected chi connectivity index (χ0v) is 14.7. The number of hydrogen-bond acceptors (Lipinski definition) is 3. The fraction of sp³-hybridized carbons (Fsp3) is 0.562. The molecular formula is C16H22BrFN2O2. The summed E-state index contributed by atoms with van der Waals surface area (Å²) in [5.74, 6) is -0.300. The van der Waals surface area contributed by atoms with Gasteiger partial charge in [-0.05, 0) is 61.2 Å². The Labute approximate surface area is 138 Å². The van der Waals surface area contributed by atoms with Crippen LogP contribution in [0.2, 0.25) is 0 Å². The maximum absolute atomic E-state index is 14.2. The molecule has 1 aromatic carbocycles. The number of ether oxygens (including phenoxy) is 1. The summed E-state index contributed by atoms with van der Waals surface area (Å²) in [6.07, 6.45) is 0.687. The van der Waals surface area contributed by atoms with E-state index in [0.29, 0.717) is 29.4 Å². The van der Waals surface area contributed by atoms with Gasteiger partial charge in [0.25, 0.3) is 0 Å². The van der Waals surface area contributed by atoms with E-state index in [1.165, 1.54) is 0 Å². The van der Waals surface area contributed by atoms with Crippen LogP contribution in [-0.4, -0.2) is 35.2 Å². The van der Waals surface area contributed by atoms with Gasteiger partial charge in [0.15, 0.2) is 0 Å². The topological polar surface area (TPSA) is 55.6 Å². The van der Waals surface area contributed by atoms with Crippen molar-refractivity contribution < 1.29 is 13.9 Å². The molecule has 2 unspecified atom stereocenters. The number of nitrogens with zero attached hydrogens (tertiary/aromatic N) is 1. The molecule has 1 aliphatic heterocycles. The smallest absolute Gasteiger partial charge is 0.410 e. The Bertz CT molecular complexity index is 560. The molecule has 122 valence electrons. The number of rotatable bonds is 2. The lowest BCUT2D eigenvalue weighted by molar-refractivity contribution is 0.0220. The van der Waals surface area contributed by atoms with Crippen LogP contribution in [0, 0.1) is 5.82 Å². The van der Waals surface area contributed by atoms with Gasteiger partial charge in [-0.1, -0.05) is 12.1 Å². The fourth-order valence-electron chi connectivity index (χ4n) is 2.62. The van der Waals surface area contributed by atoms with Crippen molar-refractivity contribution in [1.29, 1.82) is 0 Å². The maximum Gasteiger partial charge on any atom is 0.410 e. The molecule has 0 saturated carbocycles. The summed E-state index contributed by atoms with van der Waals surface area (Å²) in [5.41, 5.74) is 6.11. The number of halogens is 2. The number of amides is 1. The van der Waals surface area contributed by atoms with E-state index >= 15 is 0 Å². The van der Waals surface area contributed by atoms with Crippen LogP contribution in [0.25, 0.3) is 0 Å². The van der Waals surface area contributed by atoms with Gasteiger partial charge in [-0.25, -0.2) is 9.18 Å². The maximum atomic E-state index is 14.2. The predicted octanol–water partition coefficient (Wildman–Crippen LogP) is 3.47. The molecule has 1 amide bonds. The summed E-state index contributed by atoms with van der Waals surface area (Å²) in [6.45, 7) is 6.01. The van der Waals surface area contributed by atoms with E-state index in [0.717, 1.165) is 0 Å². The van der Waals surface area contributed by atoms with Crippen LogP contribution in [0.1, 0.15) is 32.8 Å². The molecule has 0 bridgehead atoms. The Morgan fingerprint density at radius 2 is 2.18 bits per heavy atom. The van der Waals surface area contributed by atoms with Crippen LogP contribution in [0.5, 0.6) is 0 Å². The third-order valence-electron chi connectivity index (χ3n) is 3.69. The predicted molar refractivity (Wildman–Crippen MR) is 87.1 cm³/mol. The van der Waals surface area contributed by atoms with Crippen LogP contribution in [0.3, 0.4) is 0 Å². The van der Waals surface area contributed by atoms with Crippen molar-refractivity contribution in [2.75, 3.05) is 6.54 Å². The fourth-order valence-corrected chi connectivity index (χ4v) is 3.02. The molecular weight excluding hydrogens is 351 g/mol. The molecule has 1 saturated heterocycles. The second-order valence-corrected chi connectivity index (χ2v) is 7.47. The minimum atomic E-state index is -0.560. The van der Waals surface area contributed by atoms with Gasteiger partial charge in [0, 0.05) is 12.6 Å². The molecule has 2 atom stereocenters. The van der Waals surface area contributed by atoms with E-state index in [4.69, 9.17) is 10.5 Å². The highest BCUT2D eigenvalue weighted by Crippen LogP contribution is 2.26. The van der Waals surface area contributed by atoms with Gasteiger partial charge in [-0.2, -0.15) is 0 Å². The molecule has 2 N–H and O–H groups in total. The molecule has 0 aromatic heterocycles. The zero-order chi connectivity index (χ0) is 16.5. The molecule has 2 rings (SSSR count). The van der Waals surface area contributed by atoms with Crippen molar-refractivity contribution in [3.05, 3.63) is 34.1 Å². The Morgan fingerprint density at radius 3 is 2.82 bits per heavy atom. The summed E-state index contributed by atoms with van der Waals surface area (Å²) in [4.78, 5) is 13.9. The van der Waals surface area contributed by atoms with Crippen LogP contribution in [0.4, 0.5) is 9.18 Å². The highest BCUT2D eigenvalue weighted by molar-refractivity contribution is 9.10. The van der Waals surface area contributed by atoms with Crippen LogP contribution < -0.4 is 5.73 Å². The average molecular weight is 373 g/mol. The van der Waals surface area contributed by atoms with Crippen LogP contribution in [0.15, 0.2) is 22.7 Å². The first kappa shape index (κ1) is 17.2. The van der Waals surface area contributed by atoms with E-state index in [9.17, 15) is 9.18 Å².